The van der Waals surface area contributed by atoms with Crippen LogP contribution < -0.4 is 31.4 Å². The maximum Gasteiger partial charge on any atom is 0.410 e. The van der Waals surface area contributed by atoms with Crippen LogP contribution in [0.15, 0.2) is 128 Å². The molecule has 135 heavy (non-hydrogen) atoms. The molecule has 3 amide bonds. The van der Waals surface area contributed by atoms with Crippen LogP contribution >= 0.6 is 12.1 Å². The van der Waals surface area contributed by atoms with E-state index in [0.717, 1.165) is 127 Å². The third-order valence-corrected chi connectivity index (χ3v) is 23.1. The number of likely N-dealkylation sites (tertiary alicyclic amines) is 3. The van der Waals surface area contributed by atoms with E-state index in [4.69, 9.17) is 74.0 Å². The van der Waals surface area contributed by atoms with Crippen molar-refractivity contribution in [2.24, 2.45) is 17.8 Å². The zero-order valence-electron chi connectivity index (χ0n) is 80.3. The first kappa shape index (κ1) is 102. The number of methoxy groups -OCH3 is 3. The molecule has 0 bridgehead atoms. The number of anilines is 3. The molecule has 6 N–H and O–H groups in total. The Morgan fingerprint density at radius 2 is 0.644 bits per heavy atom. The monoisotopic (exact) mass is 1870 g/mol. The summed E-state index contributed by atoms with van der Waals surface area (Å²) in [6.07, 6.45) is 23.5. The molecule has 3 saturated heterocycles. The normalized spacial score (nSPS) is 19.1. The molecule has 722 valence electrons. The number of rotatable bonds is 24. The Balaban J connectivity index is 0.000000179. The molecule has 6 aliphatic rings. The number of halogens is 1. The first-order chi connectivity index (χ1) is 64.7. The van der Waals surface area contributed by atoms with E-state index in [1.54, 1.807) is 54.6 Å². The van der Waals surface area contributed by atoms with Gasteiger partial charge >= 0.3 is 18.3 Å². The number of para-hydroxylation sites is 3. The molecule has 0 radical (unpaired) electrons. The Kier molecular flexibility index (Phi) is 36.1. The van der Waals surface area contributed by atoms with Crippen LogP contribution in [0.4, 0.5) is 35.7 Å². The standard InChI is InChI=1S/3C33H42N6O5.CH3FS/c3*1-22(10-11-23-16-26(17-23)43-25-12-14-38(15-13-25)32(40)44-33(2,3)4)39-20-24(19-35-39)28-18-29(36-37-31(28)34)27-8-6-7-9-30(27)42-21-41-5;1-3-2/h3*6-9,18-20,22-23,25-26H,12-17,21H2,1-5H3,(H2,34,37);1H3/t2*22-,23?,26?;;/m10../s1. The van der Waals surface area contributed by atoms with Crippen molar-refractivity contribution in [1.29, 1.82) is 0 Å². The average Bonchev–Trinajstić information content (AvgIpc) is 1.78. The van der Waals surface area contributed by atoms with E-state index < -0.39 is 16.8 Å². The van der Waals surface area contributed by atoms with E-state index in [1.807, 2.05) is 207 Å². The van der Waals surface area contributed by atoms with Gasteiger partial charge in [0.2, 0.25) is 0 Å². The Bertz CT molecular complexity index is 5050. The number of piperidine rings is 3. The molecule has 6 aromatic heterocycles. The fraction of sp³-hybridized carbons (Fsp3) is 0.520. The summed E-state index contributed by atoms with van der Waals surface area (Å²) < 4.78 is 83.4. The summed E-state index contributed by atoms with van der Waals surface area (Å²) in [5, 5.41) is 39.2. The van der Waals surface area contributed by atoms with Gasteiger partial charge in [0.05, 0.1) is 72.3 Å². The molecular formula is C100H129FN18O15S. The zero-order valence-corrected chi connectivity index (χ0v) is 81.1. The summed E-state index contributed by atoms with van der Waals surface area (Å²) in [5.74, 6) is 24.1. The Morgan fingerprint density at radius 3 is 0.881 bits per heavy atom. The van der Waals surface area contributed by atoms with E-state index in [9.17, 15) is 18.3 Å². The number of nitrogens with two attached hydrogens (primary N) is 3. The third kappa shape index (κ3) is 29.7. The van der Waals surface area contributed by atoms with Crippen molar-refractivity contribution in [1.82, 2.24) is 74.6 Å². The Morgan fingerprint density at radius 1 is 0.400 bits per heavy atom. The molecule has 6 fully saturated rings. The van der Waals surface area contributed by atoms with Crippen LogP contribution in [0, 0.1) is 53.3 Å². The fourth-order valence-electron chi connectivity index (χ4n) is 15.8. The first-order valence-corrected chi connectivity index (χ1v) is 47.1. The van der Waals surface area contributed by atoms with E-state index in [-0.39, 0.29) is 106 Å². The maximum atomic E-state index is 12.3. The van der Waals surface area contributed by atoms with Crippen molar-refractivity contribution in [3.05, 3.63) is 128 Å². The van der Waals surface area contributed by atoms with Gasteiger partial charge in [-0.2, -0.15) is 19.2 Å². The lowest BCUT2D eigenvalue weighted by atomic mass is 9.82. The minimum absolute atomic E-state index is 0.112. The summed E-state index contributed by atoms with van der Waals surface area (Å²) in [4.78, 5) is 42.2. The molecule has 33 nitrogen and oxygen atoms in total. The molecule has 3 aliphatic heterocycles. The van der Waals surface area contributed by atoms with Gasteiger partial charge < -0.3 is 88.7 Å². The zero-order chi connectivity index (χ0) is 96.5. The van der Waals surface area contributed by atoms with Crippen LogP contribution in [0.5, 0.6) is 17.2 Å². The highest BCUT2D eigenvalue weighted by Crippen LogP contribution is 2.41. The highest BCUT2D eigenvalue weighted by molar-refractivity contribution is 7.93. The highest BCUT2D eigenvalue weighted by Gasteiger charge is 2.38. The Hall–Kier alpha value is -12.1. The van der Waals surface area contributed by atoms with Crippen LogP contribution in [-0.2, 0) is 42.6 Å². The number of ether oxygens (including phenoxy) is 12. The number of aromatic nitrogens is 12. The topological polar surface area (TPSA) is 381 Å². The second-order valence-corrected chi connectivity index (χ2v) is 37.5. The van der Waals surface area contributed by atoms with Crippen molar-refractivity contribution in [2.75, 3.05) is 104 Å². The minimum atomic E-state index is -0.480. The Labute approximate surface area is 795 Å². The number of hydrogen-bond donors (Lipinski definition) is 3. The van der Waals surface area contributed by atoms with Gasteiger partial charge in [-0.05, 0) is 215 Å². The molecule has 1 unspecified atom stereocenters. The molecule has 0 spiro atoms. The van der Waals surface area contributed by atoms with E-state index in [1.165, 1.54) is 6.26 Å². The highest BCUT2D eigenvalue weighted by atomic mass is 32.2. The summed E-state index contributed by atoms with van der Waals surface area (Å²) in [6, 6.07) is 28.1. The van der Waals surface area contributed by atoms with Gasteiger partial charge in [0.15, 0.2) is 37.8 Å². The van der Waals surface area contributed by atoms with Gasteiger partial charge in [0.1, 0.15) is 52.2 Å². The molecule has 3 aromatic carbocycles. The van der Waals surface area contributed by atoms with Crippen molar-refractivity contribution in [3.63, 3.8) is 0 Å². The molecule has 15 rings (SSSR count). The van der Waals surface area contributed by atoms with Crippen molar-refractivity contribution < 1.29 is 75.1 Å². The first-order valence-electron chi connectivity index (χ1n) is 45.9. The maximum absolute atomic E-state index is 12.3. The largest absolute Gasteiger partial charge is 0.467 e. The number of amides is 3. The van der Waals surface area contributed by atoms with Gasteiger partial charge in [-0.1, -0.05) is 71.9 Å². The second kappa shape index (κ2) is 47.9. The molecule has 35 heteroatoms. The molecule has 3 saturated carbocycles. The summed E-state index contributed by atoms with van der Waals surface area (Å²) in [7, 11) is 4.73. The number of carbonyl (C=O) groups is 3. The molecular weight excluding hydrogens is 1740 g/mol. The molecule has 3 aliphatic carbocycles. The predicted octanol–water partition coefficient (Wildman–Crippen LogP) is 17.2. The number of nitrogens with zero attached hydrogens (tertiary/aromatic N) is 15. The summed E-state index contributed by atoms with van der Waals surface area (Å²) >= 11 is 0.250. The van der Waals surface area contributed by atoms with Crippen LogP contribution in [0.2, 0.25) is 0 Å². The number of benzene rings is 3. The lowest BCUT2D eigenvalue weighted by Crippen LogP contribution is -2.45. The van der Waals surface area contributed by atoms with E-state index in [0.29, 0.717) is 109 Å². The fourth-order valence-corrected chi connectivity index (χ4v) is 15.8. The van der Waals surface area contributed by atoms with Crippen LogP contribution in [-0.4, -0.2) is 234 Å². The molecule has 9 aromatic rings. The minimum Gasteiger partial charge on any atom is -0.467 e. The number of carbonyl (C=O) groups excluding carboxylic acids is 3. The summed E-state index contributed by atoms with van der Waals surface area (Å²) in [5.41, 5.74) is 26.2. The van der Waals surface area contributed by atoms with E-state index >= 15 is 0 Å². The van der Waals surface area contributed by atoms with Crippen LogP contribution in [0.3, 0.4) is 0 Å². The smallest absolute Gasteiger partial charge is 0.410 e. The van der Waals surface area contributed by atoms with Crippen molar-refractivity contribution in [2.45, 2.75) is 232 Å². The third-order valence-electron chi connectivity index (χ3n) is 23.1. The average molecular weight is 1870 g/mol. The predicted molar refractivity (Wildman–Crippen MR) is 514 cm³/mol. The number of hydrogen-bond acceptors (Lipinski definition) is 28. The van der Waals surface area contributed by atoms with Gasteiger partial charge in [0, 0.05) is 165 Å². The van der Waals surface area contributed by atoms with Gasteiger partial charge in [-0.15, -0.1) is 30.6 Å². The van der Waals surface area contributed by atoms with Crippen molar-refractivity contribution in [3.8, 4) is 120 Å². The van der Waals surface area contributed by atoms with Crippen molar-refractivity contribution >= 4 is 47.9 Å². The van der Waals surface area contributed by atoms with E-state index in [2.05, 4.69) is 81.4 Å². The summed E-state index contributed by atoms with van der Waals surface area (Å²) in [6.45, 7) is 27.4. The second-order valence-electron chi connectivity index (χ2n) is 37.2. The van der Waals surface area contributed by atoms with Crippen LogP contribution in [0.25, 0.3) is 67.2 Å². The lowest BCUT2D eigenvalue weighted by Gasteiger charge is -2.38. The lowest BCUT2D eigenvalue weighted by molar-refractivity contribution is -0.0853. The molecule has 9 heterocycles. The van der Waals surface area contributed by atoms with Gasteiger partial charge in [0.25, 0.3) is 0 Å². The molecule has 3 atom stereocenters. The quantitative estimate of drug-likeness (QED) is 0.0287. The van der Waals surface area contributed by atoms with Gasteiger partial charge in [-0.3, -0.25) is 14.0 Å². The number of nitrogen functional groups attached to an aromatic ring is 3. The van der Waals surface area contributed by atoms with Crippen LogP contribution in [0.1, 0.15) is 178 Å². The SMILES string of the molecule is COCOc1ccccc1-c1cc(-c2cnn(C(C)C#CC3CC(OC4CCN(C(=O)OC(C)(C)C)CC4)C3)c2)c(N)nn1.COCOc1ccccc1-c1cc(-c2cnn([C@@H](C)C#CC3CC(OC4CCN(C(=O)OC(C)(C)C)CC4)C3)c2)c(N)nn1.COCOc1ccccc1-c1cc(-c2cnn([C@H](C)C#CC3CC(OC4CCN(C(=O)OC(C)(C)C)CC4)C3)c2)c(N)nn1.CSF. The van der Waals surface area contributed by atoms with Gasteiger partial charge in [-0.25, -0.2) is 14.4 Å².